The smallest absolute Gasteiger partial charge is 0.226 e. The topological polar surface area (TPSA) is 61.3 Å². The van der Waals surface area contributed by atoms with E-state index >= 15 is 0 Å². The highest BCUT2D eigenvalue weighted by atomic mass is 35.5. The van der Waals surface area contributed by atoms with E-state index in [0.29, 0.717) is 17.5 Å². The van der Waals surface area contributed by atoms with Gasteiger partial charge in [0.25, 0.3) is 0 Å². The largest absolute Gasteiger partial charge is 0.487 e. The highest BCUT2D eigenvalue weighted by Crippen LogP contribution is 2.24. The van der Waals surface area contributed by atoms with Crippen LogP contribution >= 0.6 is 11.6 Å². The first kappa shape index (κ1) is 17.5. The lowest BCUT2D eigenvalue weighted by atomic mass is 10.1. The number of benzene rings is 2. The van der Waals surface area contributed by atoms with Gasteiger partial charge in [0.2, 0.25) is 5.89 Å². The fraction of sp³-hybridized carbons (Fsp3) is 0.250. The summed E-state index contributed by atoms with van der Waals surface area (Å²) in [5, 5.41) is 0.683. The molecule has 0 fully saturated rings. The van der Waals surface area contributed by atoms with Crippen LogP contribution in [0.3, 0.4) is 0 Å². The van der Waals surface area contributed by atoms with Gasteiger partial charge in [0, 0.05) is 16.6 Å². The summed E-state index contributed by atoms with van der Waals surface area (Å²) >= 11 is 5.91. The maximum Gasteiger partial charge on any atom is 0.226 e. The van der Waals surface area contributed by atoms with Crippen molar-refractivity contribution in [3.05, 3.63) is 70.6 Å². The summed E-state index contributed by atoms with van der Waals surface area (Å²) in [5.41, 5.74) is 8.68. The molecule has 3 rings (SSSR count). The highest BCUT2D eigenvalue weighted by molar-refractivity contribution is 6.30. The van der Waals surface area contributed by atoms with E-state index in [1.807, 2.05) is 62.4 Å². The number of ether oxygens (including phenoxy) is 1. The van der Waals surface area contributed by atoms with E-state index in [4.69, 9.17) is 26.5 Å². The highest BCUT2D eigenvalue weighted by Gasteiger charge is 2.12. The molecule has 2 aromatic carbocycles. The number of hydrogen-bond donors (Lipinski definition) is 1. The molecule has 25 heavy (non-hydrogen) atoms. The predicted molar refractivity (Wildman–Crippen MR) is 99.8 cm³/mol. The van der Waals surface area contributed by atoms with Crippen molar-refractivity contribution in [2.24, 2.45) is 5.73 Å². The monoisotopic (exact) mass is 356 g/mol. The van der Waals surface area contributed by atoms with Crippen LogP contribution in [0.4, 0.5) is 0 Å². The van der Waals surface area contributed by atoms with Crippen LogP contribution in [0.1, 0.15) is 23.9 Å². The molecule has 0 bridgehead atoms. The normalized spacial score (nSPS) is 12.2. The first-order chi connectivity index (χ1) is 12.0. The third-order valence-corrected chi connectivity index (χ3v) is 4.09. The molecular weight excluding hydrogens is 336 g/mol. The fourth-order valence-electron chi connectivity index (χ4n) is 2.52. The van der Waals surface area contributed by atoms with Crippen LogP contribution in [-0.4, -0.2) is 11.0 Å². The van der Waals surface area contributed by atoms with Gasteiger partial charge in [-0.15, -0.1) is 0 Å². The lowest BCUT2D eigenvalue weighted by molar-refractivity contribution is 0.299. The van der Waals surface area contributed by atoms with Gasteiger partial charge in [-0.1, -0.05) is 23.7 Å². The zero-order valence-corrected chi connectivity index (χ0v) is 15.1. The van der Waals surface area contributed by atoms with Crippen molar-refractivity contribution in [3.8, 4) is 17.2 Å². The molecule has 0 aliphatic rings. The van der Waals surface area contributed by atoms with Crippen molar-refractivity contribution in [2.75, 3.05) is 0 Å². The Balaban J connectivity index is 1.66. The Morgan fingerprint density at radius 1 is 1.12 bits per heavy atom. The Hall–Kier alpha value is -2.30. The maximum absolute atomic E-state index is 5.91. The first-order valence-corrected chi connectivity index (χ1v) is 8.58. The molecule has 2 N–H and O–H groups in total. The lowest BCUT2D eigenvalue weighted by Gasteiger charge is -2.07. The predicted octanol–water partition coefficient (Wildman–Crippen LogP) is 4.77. The summed E-state index contributed by atoms with van der Waals surface area (Å²) < 4.78 is 11.6. The molecule has 1 unspecified atom stereocenters. The number of aryl methyl sites for hydroxylation is 1. The minimum absolute atomic E-state index is 0.149. The summed E-state index contributed by atoms with van der Waals surface area (Å²) in [4.78, 5) is 4.53. The summed E-state index contributed by atoms with van der Waals surface area (Å²) in [6, 6.07) is 15.5. The average Bonchev–Trinajstić information content (AvgIpc) is 2.95. The summed E-state index contributed by atoms with van der Waals surface area (Å²) in [6.45, 7) is 4.24. The molecule has 0 aliphatic heterocycles. The van der Waals surface area contributed by atoms with Gasteiger partial charge in [-0.05, 0) is 62.2 Å². The first-order valence-electron chi connectivity index (χ1n) is 8.21. The van der Waals surface area contributed by atoms with Gasteiger partial charge in [-0.3, -0.25) is 0 Å². The van der Waals surface area contributed by atoms with Crippen LogP contribution in [0.2, 0.25) is 5.02 Å². The van der Waals surface area contributed by atoms with Crippen LogP contribution in [-0.2, 0) is 13.0 Å². The molecule has 5 heteroatoms. The minimum Gasteiger partial charge on any atom is -0.487 e. The summed E-state index contributed by atoms with van der Waals surface area (Å²) in [7, 11) is 0. The van der Waals surface area contributed by atoms with Gasteiger partial charge in [-0.2, -0.15) is 0 Å². The van der Waals surface area contributed by atoms with Gasteiger partial charge < -0.3 is 14.9 Å². The van der Waals surface area contributed by atoms with Crippen molar-refractivity contribution in [3.63, 3.8) is 0 Å². The van der Waals surface area contributed by atoms with E-state index in [9.17, 15) is 0 Å². The van der Waals surface area contributed by atoms with Gasteiger partial charge in [0.15, 0.2) is 0 Å². The van der Waals surface area contributed by atoms with Crippen LogP contribution in [0.25, 0.3) is 11.5 Å². The van der Waals surface area contributed by atoms with Crippen molar-refractivity contribution in [1.29, 1.82) is 0 Å². The van der Waals surface area contributed by atoms with Gasteiger partial charge in [0.1, 0.15) is 23.8 Å². The third kappa shape index (κ3) is 4.62. The molecule has 0 amide bonds. The molecule has 3 aromatic rings. The number of halogens is 1. The number of rotatable bonds is 6. The van der Waals surface area contributed by atoms with E-state index in [2.05, 4.69) is 4.98 Å². The fourth-order valence-corrected chi connectivity index (χ4v) is 2.65. The molecule has 1 atom stereocenters. The Bertz CT molecular complexity index is 824. The van der Waals surface area contributed by atoms with Gasteiger partial charge in [0.05, 0.1) is 0 Å². The molecular formula is C20H21ClN2O2. The number of nitrogens with two attached hydrogens (primary N) is 1. The van der Waals surface area contributed by atoms with E-state index in [1.165, 1.54) is 5.56 Å². The van der Waals surface area contributed by atoms with E-state index in [-0.39, 0.29) is 6.04 Å². The zero-order chi connectivity index (χ0) is 17.8. The standard InChI is InChI=1S/C20H21ClN2O2/c1-13(22)11-15-3-9-18(10-4-15)24-12-19-14(2)25-20(23-19)16-5-7-17(21)8-6-16/h3-10,13H,11-12,22H2,1-2H3. The summed E-state index contributed by atoms with van der Waals surface area (Å²) in [6.07, 6.45) is 0.854. The Morgan fingerprint density at radius 3 is 2.44 bits per heavy atom. The second-order valence-electron chi connectivity index (χ2n) is 6.14. The van der Waals surface area contributed by atoms with Crippen LogP contribution in [0, 0.1) is 6.92 Å². The lowest BCUT2D eigenvalue weighted by Crippen LogP contribution is -2.17. The van der Waals surface area contributed by atoms with Crippen LogP contribution in [0.15, 0.2) is 52.9 Å². The molecule has 1 aromatic heterocycles. The Labute approximate surface area is 152 Å². The zero-order valence-electron chi connectivity index (χ0n) is 14.3. The third-order valence-electron chi connectivity index (χ3n) is 3.84. The quantitative estimate of drug-likeness (QED) is 0.690. The van der Waals surface area contributed by atoms with Crippen molar-refractivity contribution < 1.29 is 9.15 Å². The van der Waals surface area contributed by atoms with Crippen molar-refractivity contribution >= 4 is 11.6 Å². The van der Waals surface area contributed by atoms with Crippen molar-refractivity contribution in [2.45, 2.75) is 32.9 Å². The van der Waals surface area contributed by atoms with Crippen LogP contribution < -0.4 is 10.5 Å². The Kier molecular flexibility index (Phi) is 5.41. The maximum atomic E-state index is 5.91. The molecule has 4 nitrogen and oxygen atoms in total. The van der Waals surface area contributed by atoms with Gasteiger partial charge >= 0.3 is 0 Å². The number of nitrogens with zero attached hydrogens (tertiary/aromatic N) is 1. The summed E-state index contributed by atoms with van der Waals surface area (Å²) in [5.74, 6) is 2.11. The van der Waals surface area contributed by atoms with Crippen molar-refractivity contribution in [1.82, 2.24) is 4.98 Å². The van der Waals surface area contributed by atoms with E-state index in [1.54, 1.807) is 0 Å². The van der Waals surface area contributed by atoms with E-state index in [0.717, 1.165) is 29.2 Å². The molecule has 1 heterocycles. The molecule has 0 saturated carbocycles. The number of hydrogen-bond acceptors (Lipinski definition) is 4. The molecule has 130 valence electrons. The molecule has 0 saturated heterocycles. The number of oxazole rings is 1. The van der Waals surface area contributed by atoms with E-state index < -0.39 is 0 Å². The SMILES string of the molecule is Cc1oc(-c2ccc(Cl)cc2)nc1COc1ccc(CC(C)N)cc1. The molecule has 0 aliphatic carbocycles. The number of aromatic nitrogens is 1. The van der Waals surface area contributed by atoms with Crippen LogP contribution in [0.5, 0.6) is 5.75 Å². The second kappa shape index (κ2) is 7.72. The Morgan fingerprint density at radius 2 is 1.80 bits per heavy atom. The molecule has 0 radical (unpaired) electrons. The second-order valence-corrected chi connectivity index (χ2v) is 6.58. The molecule has 0 spiro atoms. The minimum atomic E-state index is 0.149. The van der Waals surface area contributed by atoms with Gasteiger partial charge in [-0.25, -0.2) is 4.98 Å². The average molecular weight is 357 g/mol.